The Balaban J connectivity index is 1.52. The third-order valence-electron chi connectivity index (χ3n) is 5.07. The van der Waals surface area contributed by atoms with Gasteiger partial charge in [0.25, 0.3) is 11.5 Å². The van der Waals surface area contributed by atoms with Gasteiger partial charge < -0.3 is 14.8 Å². The average molecular weight is 553 g/mol. The summed E-state index contributed by atoms with van der Waals surface area (Å²) in [7, 11) is 0. The fraction of sp³-hybridized carbons (Fsp3) is 0.154. The van der Waals surface area contributed by atoms with Gasteiger partial charge in [0.15, 0.2) is 18.1 Å². The lowest BCUT2D eigenvalue weighted by molar-refractivity contribution is -0.118. The van der Waals surface area contributed by atoms with Crippen LogP contribution in [0.2, 0.25) is 0 Å². The quantitative estimate of drug-likeness (QED) is 0.313. The SMILES string of the molecule is CCOc1cc(C=Nn2c(C)nc3ccc(Br)cc3c2=O)ccc1OCC(=O)Nc1ccccc1F. The van der Waals surface area contributed by atoms with Gasteiger partial charge >= 0.3 is 0 Å². The molecule has 1 amide bonds. The molecule has 1 N–H and O–H groups in total. The van der Waals surface area contributed by atoms with Crippen LogP contribution in [0.3, 0.4) is 0 Å². The lowest BCUT2D eigenvalue weighted by Crippen LogP contribution is -2.21. The molecular formula is C26H22BrFN4O4. The molecule has 0 spiro atoms. The van der Waals surface area contributed by atoms with Gasteiger partial charge in [-0.05, 0) is 67.9 Å². The van der Waals surface area contributed by atoms with Gasteiger partial charge in [-0.15, -0.1) is 0 Å². The number of fused-ring (bicyclic) bond motifs is 1. The first-order valence-electron chi connectivity index (χ1n) is 11.0. The Morgan fingerprint density at radius 3 is 2.72 bits per heavy atom. The number of benzene rings is 3. The molecule has 4 rings (SSSR count). The van der Waals surface area contributed by atoms with Gasteiger partial charge in [0, 0.05) is 4.47 Å². The highest BCUT2D eigenvalue weighted by Crippen LogP contribution is 2.28. The van der Waals surface area contributed by atoms with Crippen molar-refractivity contribution in [1.82, 2.24) is 9.66 Å². The number of para-hydroxylation sites is 1. The van der Waals surface area contributed by atoms with E-state index in [-0.39, 0.29) is 17.9 Å². The summed E-state index contributed by atoms with van der Waals surface area (Å²) in [4.78, 5) is 29.6. The molecule has 10 heteroatoms. The fourth-order valence-corrected chi connectivity index (χ4v) is 3.77. The number of aryl methyl sites for hydroxylation is 1. The van der Waals surface area contributed by atoms with E-state index >= 15 is 0 Å². The highest BCUT2D eigenvalue weighted by molar-refractivity contribution is 9.10. The number of nitrogens with one attached hydrogen (secondary N) is 1. The van der Waals surface area contributed by atoms with Gasteiger partial charge in [-0.3, -0.25) is 9.59 Å². The number of halogens is 2. The van der Waals surface area contributed by atoms with Crippen molar-refractivity contribution in [2.24, 2.45) is 5.10 Å². The highest BCUT2D eigenvalue weighted by Gasteiger charge is 2.12. The Morgan fingerprint density at radius 1 is 1.14 bits per heavy atom. The lowest BCUT2D eigenvalue weighted by atomic mass is 10.2. The van der Waals surface area contributed by atoms with Gasteiger partial charge in [-0.25, -0.2) is 9.37 Å². The summed E-state index contributed by atoms with van der Waals surface area (Å²) >= 11 is 3.37. The number of amides is 1. The van der Waals surface area contributed by atoms with Crippen molar-refractivity contribution in [3.63, 3.8) is 0 Å². The van der Waals surface area contributed by atoms with E-state index in [2.05, 4.69) is 31.3 Å². The first-order chi connectivity index (χ1) is 17.4. The summed E-state index contributed by atoms with van der Waals surface area (Å²) in [6.45, 7) is 3.54. The second kappa shape index (κ2) is 11.1. The van der Waals surface area contributed by atoms with Crippen LogP contribution in [0.25, 0.3) is 10.9 Å². The zero-order valence-corrected chi connectivity index (χ0v) is 21.1. The number of rotatable bonds is 8. The maximum absolute atomic E-state index is 13.7. The lowest BCUT2D eigenvalue weighted by Gasteiger charge is -2.13. The van der Waals surface area contributed by atoms with Crippen LogP contribution in [0.4, 0.5) is 10.1 Å². The van der Waals surface area contributed by atoms with Gasteiger partial charge in [0.05, 0.1) is 29.4 Å². The average Bonchev–Trinajstić information content (AvgIpc) is 2.85. The predicted molar refractivity (Wildman–Crippen MR) is 140 cm³/mol. The van der Waals surface area contributed by atoms with Crippen LogP contribution >= 0.6 is 15.9 Å². The third-order valence-corrected chi connectivity index (χ3v) is 5.56. The maximum Gasteiger partial charge on any atom is 0.282 e. The summed E-state index contributed by atoms with van der Waals surface area (Å²) in [5.74, 6) is 0.122. The standard InChI is InChI=1S/C26H22BrFN4O4/c1-3-35-24-12-17(8-11-23(24)36-15-25(33)31-22-7-5-4-6-20(22)28)14-29-32-16(2)30-21-10-9-18(27)13-19(21)26(32)34/h4-14H,3,15H2,1-2H3,(H,31,33). The summed E-state index contributed by atoms with van der Waals surface area (Å²) in [5, 5.41) is 7.23. The number of nitrogens with zero attached hydrogens (tertiary/aromatic N) is 3. The van der Waals surface area contributed by atoms with Crippen molar-refractivity contribution in [3.05, 3.63) is 92.7 Å². The van der Waals surface area contributed by atoms with E-state index in [1.54, 1.807) is 43.3 Å². The molecule has 0 saturated heterocycles. The van der Waals surface area contributed by atoms with Crippen molar-refractivity contribution in [1.29, 1.82) is 0 Å². The Hall–Kier alpha value is -4.05. The number of anilines is 1. The van der Waals surface area contributed by atoms with Gasteiger partial charge in [-0.2, -0.15) is 9.78 Å². The smallest absolute Gasteiger partial charge is 0.282 e. The monoisotopic (exact) mass is 552 g/mol. The van der Waals surface area contributed by atoms with Crippen LogP contribution in [0.1, 0.15) is 18.3 Å². The largest absolute Gasteiger partial charge is 0.490 e. The molecule has 1 heterocycles. The molecule has 0 fully saturated rings. The predicted octanol–water partition coefficient (Wildman–Crippen LogP) is 4.90. The summed E-state index contributed by atoms with van der Waals surface area (Å²) in [5.41, 5.74) is 1.01. The molecule has 0 atom stereocenters. The second-order valence-electron chi connectivity index (χ2n) is 7.64. The van der Waals surface area contributed by atoms with Gasteiger partial charge in [0.2, 0.25) is 0 Å². The maximum atomic E-state index is 13.7. The van der Waals surface area contributed by atoms with E-state index in [9.17, 15) is 14.0 Å². The molecule has 4 aromatic rings. The number of hydrogen-bond acceptors (Lipinski definition) is 6. The Morgan fingerprint density at radius 2 is 1.94 bits per heavy atom. The Bertz CT molecular complexity index is 1520. The van der Waals surface area contributed by atoms with Gasteiger partial charge in [-0.1, -0.05) is 28.1 Å². The number of hydrogen-bond donors (Lipinski definition) is 1. The summed E-state index contributed by atoms with van der Waals surface area (Å²) in [6.07, 6.45) is 1.51. The van der Waals surface area contributed by atoms with Gasteiger partial charge in [0.1, 0.15) is 11.6 Å². The van der Waals surface area contributed by atoms with Crippen LogP contribution < -0.4 is 20.3 Å². The summed E-state index contributed by atoms with van der Waals surface area (Å²) < 4.78 is 27.0. The van der Waals surface area contributed by atoms with Crippen molar-refractivity contribution in [3.8, 4) is 11.5 Å². The first-order valence-corrected chi connectivity index (χ1v) is 11.8. The molecule has 0 bridgehead atoms. The zero-order valence-electron chi connectivity index (χ0n) is 19.5. The van der Waals surface area contributed by atoms with E-state index in [0.29, 0.717) is 40.4 Å². The fourth-order valence-electron chi connectivity index (χ4n) is 3.40. The number of carbonyl (C=O) groups excluding carboxylic acids is 1. The van der Waals surface area contributed by atoms with Crippen molar-refractivity contribution in [2.75, 3.05) is 18.5 Å². The Kier molecular flexibility index (Phi) is 7.74. The minimum atomic E-state index is -0.534. The van der Waals surface area contributed by atoms with Crippen molar-refractivity contribution in [2.45, 2.75) is 13.8 Å². The molecule has 0 radical (unpaired) electrons. The molecule has 36 heavy (non-hydrogen) atoms. The van der Waals surface area contributed by atoms with E-state index in [4.69, 9.17) is 9.47 Å². The zero-order chi connectivity index (χ0) is 25.7. The van der Waals surface area contributed by atoms with Crippen LogP contribution in [-0.4, -0.2) is 35.0 Å². The van der Waals surface area contributed by atoms with Crippen LogP contribution in [0, 0.1) is 12.7 Å². The molecular weight excluding hydrogens is 531 g/mol. The number of aromatic nitrogens is 2. The van der Waals surface area contributed by atoms with Crippen molar-refractivity contribution < 1.29 is 18.7 Å². The minimum Gasteiger partial charge on any atom is -0.490 e. The topological polar surface area (TPSA) is 94.8 Å². The van der Waals surface area contributed by atoms with Crippen LogP contribution in [0.5, 0.6) is 11.5 Å². The van der Waals surface area contributed by atoms with E-state index < -0.39 is 11.7 Å². The number of carbonyl (C=O) groups is 1. The molecule has 0 aliphatic rings. The van der Waals surface area contributed by atoms with E-state index in [0.717, 1.165) is 4.47 Å². The second-order valence-corrected chi connectivity index (χ2v) is 8.55. The minimum absolute atomic E-state index is 0.0729. The highest BCUT2D eigenvalue weighted by atomic mass is 79.9. The third kappa shape index (κ3) is 5.77. The van der Waals surface area contributed by atoms with Crippen molar-refractivity contribution >= 4 is 44.6 Å². The first kappa shape index (κ1) is 25.1. The van der Waals surface area contributed by atoms with E-state index in [1.165, 1.54) is 29.1 Å². The molecule has 0 aliphatic carbocycles. The number of ether oxygens (including phenoxy) is 2. The molecule has 184 valence electrons. The molecule has 0 unspecified atom stereocenters. The summed E-state index contributed by atoms with van der Waals surface area (Å²) in [6, 6.07) is 16.2. The van der Waals surface area contributed by atoms with Crippen LogP contribution in [0.15, 0.2) is 75.0 Å². The molecule has 1 aromatic heterocycles. The normalized spacial score (nSPS) is 11.1. The molecule has 0 aliphatic heterocycles. The molecule has 3 aromatic carbocycles. The van der Waals surface area contributed by atoms with E-state index in [1.807, 2.05) is 13.0 Å². The Labute approximate surface area is 214 Å². The molecule has 8 nitrogen and oxygen atoms in total. The van der Waals surface area contributed by atoms with Crippen LogP contribution in [-0.2, 0) is 4.79 Å². The molecule has 0 saturated carbocycles.